The summed E-state index contributed by atoms with van der Waals surface area (Å²) in [5, 5.41) is 18.9. The molecular weight excluding hydrogens is 408 g/mol. The van der Waals surface area contributed by atoms with E-state index in [1.54, 1.807) is 72.8 Å². The van der Waals surface area contributed by atoms with Crippen LogP contribution in [0.3, 0.4) is 0 Å². The maximum atomic E-state index is 12.3. The SMILES string of the molecule is O=C(Oc1cccc(O)c1)c1ccc(-c2ccc(C(=O)Oc3cccc(O)c3)cc2)cc1. The molecule has 0 saturated carbocycles. The number of carbonyl (C=O) groups excluding carboxylic acids is 2. The second-order valence-electron chi connectivity index (χ2n) is 6.93. The Kier molecular flexibility index (Phi) is 5.85. The Bertz CT molecular complexity index is 1160. The van der Waals surface area contributed by atoms with Crippen molar-refractivity contribution in [1.82, 2.24) is 0 Å². The van der Waals surface area contributed by atoms with Crippen LogP contribution in [0.5, 0.6) is 23.0 Å². The average Bonchev–Trinajstić information content (AvgIpc) is 2.79. The molecule has 0 fully saturated rings. The van der Waals surface area contributed by atoms with Crippen molar-refractivity contribution in [3.63, 3.8) is 0 Å². The van der Waals surface area contributed by atoms with Gasteiger partial charge < -0.3 is 19.7 Å². The molecule has 0 amide bonds. The molecule has 6 heteroatoms. The first-order valence-corrected chi connectivity index (χ1v) is 9.71. The van der Waals surface area contributed by atoms with Crippen LogP contribution in [0.2, 0.25) is 0 Å². The van der Waals surface area contributed by atoms with Crippen molar-refractivity contribution >= 4 is 11.9 Å². The second-order valence-corrected chi connectivity index (χ2v) is 6.93. The number of benzene rings is 4. The smallest absolute Gasteiger partial charge is 0.343 e. The van der Waals surface area contributed by atoms with E-state index < -0.39 is 11.9 Å². The standard InChI is InChI=1S/C26H18O6/c27-21-3-1-5-23(15-21)31-25(29)19-11-7-17(8-12-19)18-9-13-20(14-10-18)26(30)32-24-6-2-4-22(28)16-24/h1-16,27-28H. The minimum absolute atomic E-state index is 0.0138. The highest BCUT2D eigenvalue weighted by Gasteiger charge is 2.11. The first-order valence-electron chi connectivity index (χ1n) is 9.71. The van der Waals surface area contributed by atoms with Crippen molar-refractivity contribution in [3.8, 4) is 34.1 Å². The van der Waals surface area contributed by atoms with Gasteiger partial charge in [-0.25, -0.2) is 9.59 Å². The van der Waals surface area contributed by atoms with Gasteiger partial charge in [-0.15, -0.1) is 0 Å². The first-order chi connectivity index (χ1) is 15.5. The molecule has 0 heterocycles. The Morgan fingerprint density at radius 3 is 1.25 bits per heavy atom. The van der Waals surface area contributed by atoms with Gasteiger partial charge in [0.25, 0.3) is 0 Å². The molecule has 4 aromatic rings. The minimum Gasteiger partial charge on any atom is -0.508 e. The van der Waals surface area contributed by atoms with E-state index in [1.165, 1.54) is 24.3 Å². The fourth-order valence-electron chi connectivity index (χ4n) is 3.02. The Labute approximate surface area is 183 Å². The summed E-state index contributed by atoms with van der Waals surface area (Å²) in [4.78, 5) is 24.6. The summed E-state index contributed by atoms with van der Waals surface area (Å²) in [5.41, 5.74) is 2.44. The van der Waals surface area contributed by atoms with Crippen molar-refractivity contribution in [2.45, 2.75) is 0 Å². The summed E-state index contributed by atoms with van der Waals surface area (Å²) in [5.74, 6) is -0.529. The molecule has 158 valence electrons. The Morgan fingerprint density at radius 1 is 0.531 bits per heavy atom. The zero-order chi connectivity index (χ0) is 22.5. The van der Waals surface area contributed by atoms with Gasteiger partial charge in [0.2, 0.25) is 0 Å². The highest BCUT2D eigenvalue weighted by atomic mass is 16.5. The monoisotopic (exact) mass is 426 g/mol. The van der Waals surface area contributed by atoms with Gasteiger partial charge >= 0.3 is 11.9 Å². The fraction of sp³-hybridized carbons (Fsp3) is 0. The largest absolute Gasteiger partial charge is 0.508 e. The van der Waals surface area contributed by atoms with Gasteiger partial charge in [-0.2, -0.15) is 0 Å². The van der Waals surface area contributed by atoms with E-state index >= 15 is 0 Å². The third kappa shape index (κ3) is 4.94. The van der Waals surface area contributed by atoms with Crippen LogP contribution in [0.4, 0.5) is 0 Å². The van der Waals surface area contributed by atoms with Gasteiger partial charge in [0, 0.05) is 12.1 Å². The third-order valence-electron chi connectivity index (χ3n) is 4.63. The molecule has 0 bridgehead atoms. The van der Waals surface area contributed by atoms with Gasteiger partial charge in [0.1, 0.15) is 23.0 Å². The minimum atomic E-state index is -0.535. The van der Waals surface area contributed by atoms with E-state index in [1.807, 2.05) is 0 Å². The summed E-state index contributed by atoms with van der Waals surface area (Å²) in [7, 11) is 0. The lowest BCUT2D eigenvalue weighted by Crippen LogP contribution is -2.08. The lowest BCUT2D eigenvalue weighted by molar-refractivity contribution is 0.0724. The Morgan fingerprint density at radius 2 is 0.906 bits per heavy atom. The molecule has 32 heavy (non-hydrogen) atoms. The van der Waals surface area contributed by atoms with Gasteiger partial charge in [-0.3, -0.25) is 0 Å². The van der Waals surface area contributed by atoms with Crippen LogP contribution in [0.1, 0.15) is 20.7 Å². The summed E-state index contributed by atoms with van der Waals surface area (Å²) in [6.07, 6.45) is 0. The highest BCUT2D eigenvalue weighted by Crippen LogP contribution is 2.24. The number of hydrogen-bond acceptors (Lipinski definition) is 6. The third-order valence-corrected chi connectivity index (χ3v) is 4.63. The molecule has 0 aliphatic carbocycles. The van der Waals surface area contributed by atoms with Crippen LogP contribution in [-0.2, 0) is 0 Å². The van der Waals surface area contributed by atoms with Crippen molar-refractivity contribution in [2.24, 2.45) is 0 Å². The molecule has 0 aliphatic rings. The number of carbonyl (C=O) groups is 2. The lowest BCUT2D eigenvalue weighted by atomic mass is 10.0. The predicted molar refractivity (Wildman–Crippen MR) is 118 cm³/mol. The van der Waals surface area contributed by atoms with E-state index in [2.05, 4.69) is 0 Å². The van der Waals surface area contributed by atoms with Crippen LogP contribution < -0.4 is 9.47 Å². The quantitative estimate of drug-likeness (QED) is 0.336. The van der Waals surface area contributed by atoms with Crippen LogP contribution in [0.25, 0.3) is 11.1 Å². The van der Waals surface area contributed by atoms with Crippen LogP contribution in [0.15, 0.2) is 97.1 Å². The summed E-state index contributed by atoms with van der Waals surface area (Å²) in [6.45, 7) is 0. The molecule has 0 spiro atoms. The normalized spacial score (nSPS) is 10.4. The fourth-order valence-corrected chi connectivity index (χ4v) is 3.02. The molecule has 0 saturated heterocycles. The molecule has 6 nitrogen and oxygen atoms in total. The topological polar surface area (TPSA) is 93.1 Å². The van der Waals surface area contributed by atoms with E-state index in [9.17, 15) is 19.8 Å². The zero-order valence-electron chi connectivity index (χ0n) is 16.8. The van der Waals surface area contributed by atoms with Gasteiger partial charge in [-0.1, -0.05) is 36.4 Å². The van der Waals surface area contributed by atoms with Crippen molar-refractivity contribution in [3.05, 3.63) is 108 Å². The molecule has 4 aromatic carbocycles. The van der Waals surface area contributed by atoms with Gasteiger partial charge in [0.15, 0.2) is 0 Å². The predicted octanol–water partition coefficient (Wildman–Crippen LogP) is 5.20. The maximum Gasteiger partial charge on any atom is 0.343 e. The van der Waals surface area contributed by atoms with E-state index in [-0.39, 0.29) is 23.0 Å². The first kappa shape index (κ1) is 20.7. The second kappa shape index (κ2) is 9.06. The molecule has 0 radical (unpaired) electrons. The Hall–Kier alpha value is -4.58. The van der Waals surface area contributed by atoms with Crippen molar-refractivity contribution in [2.75, 3.05) is 0 Å². The molecule has 0 aromatic heterocycles. The number of esters is 2. The summed E-state index contributed by atoms with van der Waals surface area (Å²) in [6, 6.07) is 25.7. The van der Waals surface area contributed by atoms with Crippen LogP contribution in [0, 0.1) is 0 Å². The van der Waals surface area contributed by atoms with E-state index in [0.717, 1.165) is 11.1 Å². The molecule has 0 unspecified atom stereocenters. The maximum absolute atomic E-state index is 12.3. The van der Waals surface area contributed by atoms with Gasteiger partial charge in [0.05, 0.1) is 11.1 Å². The highest BCUT2D eigenvalue weighted by molar-refractivity contribution is 5.93. The molecule has 0 atom stereocenters. The average molecular weight is 426 g/mol. The van der Waals surface area contributed by atoms with E-state index in [4.69, 9.17) is 9.47 Å². The number of aromatic hydroxyl groups is 2. The zero-order valence-corrected chi connectivity index (χ0v) is 16.8. The number of rotatable bonds is 5. The van der Waals surface area contributed by atoms with Gasteiger partial charge in [-0.05, 0) is 59.7 Å². The van der Waals surface area contributed by atoms with E-state index in [0.29, 0.717) is 11.1 Å². The number of hydrogen-bond donors (Lipinski definition) is 2. The number of phenols is 2. The Balaban J connectivity index is 1.42. The molecule has 2 N–H and O–H groups in total. The summed E-state index contributed by atoms with van der Waals surface area (Å²) < 4.78 is 10.5. The van der Waals surface area contributed by atoms with Crippen molar-refractivity contribution in [1.29, 1.82) is 0 Å². The number of phenolic OH excluding ortho intramolecular Hbond substituents is 2. The molecular formula is C26H18O6. The summed E-state index contributed by atoms with van der Waals surface area (Å²) >= 11 is 0. The number of ether oxygens (including phenoxy) is 2. The van der Waals surface area contributed by atoms with Crippen LogP contribution >= 0.6 is 0 Å². The lowest BCUT2D eigenvalue weighted by Gasteiger charge is -2.07. The molecule has 0 aliphatic heterocycles. The van der Waals surface area contributed by atoms with Crippen molar-refractivity contribution < 1.29 is 29.3 Å². The van der Waals surface area contributed by atoms with Crippen LogP contribution in [-0.4, -0.2) is 22.2 Å². The molecule has 4 rings (SSSR count).